The van der Waals surface area contributed by atoms with E-state index in [2.05, 4.69) is 10.3 Å². The van der Waals surface area contributed by atoms with E-state index in [0.717, 1.165) is 5.56 Å². The Balaban J connectivity index is 1.48. The van der Waals surface area contributed by atoms with Crippen LogP contribution in [0.3, 0.4) is 0 Å². The Labute approximate surface area is 162 Å². The standard InChI is InChI=1S/C21H20N2O5/c24-19(13-17-14-28-21(23-17)15-5-2-1-3-6-15)22-16-8-10-18(11-9-16)27-12-4-7-20(25)26/h1-3,5-6,8-11,14H,4,7,12-13H2,(H,22,24)(H,25,26). The van der Waals surface area contributed by atoms with E-state index in [9.17, 15) is 9.59 Å². The molecule has 3 aromatic rings. The second-order valence-electron chi connectivity index (χ2n) is 6.11. The predicted molar refractivity (Wildman–Crippen MR) is 103 cm³/mol. The maximum atomic E-state index is 12.2. The molecule has 0 spiro atoms. The highest BCUT2D eigenvalue weighted by Crippen LogP contribution is 2.19. The van der Waals surface area contributed by atoms with Gasteiger partial charge in [0.25, 0.3) is 0 Å². The molecule has 28 heavy (non-hydrogen) atoms. The third-order valence-corrected chi connectivity index (χ3v) is 3.86. The minimum Gasteiger partial charge on any atom is -0.494 e. The molecular weight excluding hydrogens is 360 g/mol. The Morgan fingerprint density at radius 2 is 1.82 bits per heavy atom. The summed E-state index contributed by atoms with van der Waals surface area (Å²) in [5.41, 5.74) is 2.04. The van der Waals surface area contributed by atoms with E-state index in [1.165, 1.54) is 6.26 Å². The summed E-state index contributed by atoms with van der Waals surface area (Å²) in [4.78, 5) is 27.0. The lowest BCUT2D eigenvalue weighted by atomic mass is 10.2. The molecule has 1 aromatic heterocycles. The van der Waals surface area contributed by atoms with Crippen molar-refractivity contribution in [2.24, 2.45) is 0 Å². The molecule has 1 amide bonds. The quantitative estimate of drug-likeness (QED) is 0.548. The van der Waals surface area contributed by atoms with E-state index in [4.69, 9.17) is 14.3 Å². The van der Waals surface area contributed by atoms with Gasteiger partial charge in [-0.05, 0) is 42.8 Å². The number of nitrogens with zero attached hydrogens (tertiary/aromatic N) is 1. The first kappa shape index (κ1) is 19.2. The van der Waals surface area contributed by atoms with Crippen molar-refractivity contribution >= 4 is 17.6 Å². The molecule has 0 saturated heterocycles. The van der Waals surface area contributed by atoms with Gasteiger partial charge in [-0.2, -0.15) is 0 Å². The van der Waals surface area contributed by atoms with E-state index < -0.39 is 5.97 Å². The first-order valence-electron chi connectivity index (χ1n) is 8.84. The molecule has 2 aromatic carbocycles. The third-order valence-electron chi connectivity index (χ3n) is 3.86. The number of carboxylic acids is 1. The summed E-state index contributed by atoms with van der Waals surface area (Å²) in [6, 6.07) is 16.4. The van der Waals surface area contributed by atoms with E-state index in [-0.39, 0.29) is 18.7 Å². The molecule has 0 aliphatic carbocycles. The number of carboxylic acid groups (broad SMARTS) is 1. The van der Waals surface area contributed by atoms with Crippen LogP contribution in [-0.4, -0.2) is 28.6 Å². The van der Waals surface area contributed by atoms with Crippen molar-refractivity contribution in [3.8, 4) is 17.2 Å². The number of oxazole rings is 1. The van der Waals surface area contributed by atoms with Crippen molar-refractivity contribution in [2.45, 2.75) is 19.3 Å². The summed E-state index contributed by atoms with van der Waals surface area (Å²) in [7, 11) is 0. The number of nitrogens with one attached hydrogen (secondary N) is 1. The van der Waals surface area contributed by atoms with Crippen LogP contribution in [0.2, 0.25) is 0 Å². The molecule has 0 aliphatic rings. The van der Waals surface area contributed by atoms with Crippen LogP contribution < -0.4 is 10.1 Å². The second kappa shape index (κ2) is 9.36. The molecule has 0 unspecified atom stereocenters. The van der Waals surface area contributed by atoms with Crippen molar-refractivity contribution in [2.75, 3.05) is 11.9 Å². The number of anilines is 1. The fraction of sp³-hybridized carbons (Fsp3) is 0.190. The van der Waals surface area contributed by atoms with Gasteiger partial charge >= 0.3 is 5.97 Å². The Bertz CT molecular complexity index is 919. The summed E-state index contributed by atoms with van der Waals surface area (Å²) in [5.74, 6) is 0.0490. The average Bonchev–Trinajstić information content (AvgIpc) is 3.15. The highest BCUT2D eigenvalue weighted by molar-refractivity contribution is 5.92. The highest BCUT2D eigenvalue weighted by Gasteiger charge is 2.10. The van der Waals surface area contributed by atoms with Crippen LogP contribution in [0.4, 0.5) is 5.69 Å². The Hall–Kier alpha value is -3.61. The van der Waals surface area contributed by atoms with Gasteiger partial charge in [0.2, 0.25) is 11.8 Å². The van der Waals surface area contributed by atoms with Gasteiger partial charge in [-0.15, -0.1) is 0 Å². The van der Waals surface area contributed by atoms with Gasteiger partial charge < -0.3 is 19.6 Å². The number of hydrogen-bond acceptors (Lipinski definition) is 5. The number of ether oxygens (including phenoxy) is 1. The second-order valence-corrected chi connectivity index (χ2v) is 6.11. The van der Waals surface area contributed by atoms with Crippen molar-refractivity contribution in [3.05, 3.63) is 66.6 Å². The van der Waals surface area contributed by atoms with E-state index in [1.54, 1.807) is 24.3 Å². The zero-order valence-electron chi connectivity index (χ0n) is 15.1. The van der Waals surface area contributed by atoms with E-state index in [1.807, 2.05) is 30.3 Å². The summed E-state index contributed by atoms with van der Waals surface area (Å²) in [6.07, 6.45) is 2.10. The molecule has 0 aliphatic heterocycles. The Morgan fingerprint density at radius 1 is 1.07 bits per heavy atom. The van der Waals surface area contributed by atoms with Crippen molar-refractivity contribution in [3.63, 3.8) is 0 Å². The summed E-state index contributed by atoms with van der Waals surface area (Å²) in [6.45, 7) is 0.327. The van der Waals surface area contributed by atoms with Gasteiger partial charge in [0, 0.05) is 17.7 Å². The summed E-state index contributed by atoms with van der Waals surface area (Å²) < 4.78 is 10.9. The maximum Gasteiger partial charge on any atom is 0.303 e. The van der Waals surface area contributed by atoms with Crippen LogP contribution in [0.15, 0.2) is 65.3 Å². The van der Waals surface area contributed by atoms with Crippen molar-refractivity contribution in [1.29, 1.82) is 0 Å². The first-order valence-corrected chi connectivity index (χ1v) is 8.84. The monoisotopic (exact) mass is 380 g/mol. The molecule has 0 fully saturated rings. The number of hydrogen-bond donors (Lipinski definition) is 2. The fourth-order valence-electron chi connectivity index (χ4n) is 2.52. The SMILES string of the molecule is O=C(O)CCCOc1ccc(NC(=O)Cc2coc(-c3ccccc3)n2)cc1. The number of benzene rings is 2. The molecule has 3 rings (SSSR count). The van der Waals surface area contributed by atoms with Crippen LogP contribution in [0.1, 0.15) is 18.5 Å². The number of rotatable bonds is 9. The summed E-state index contributed by atoms with van der Waals surface area (Å²) >= 11 is 0. The highest BCUT2D eigenvalue weighted by atomic mass is 16.5. The smallest absolute Gasteiger partial charge is 0.303 e. The molecule has 0 atom stereocenters. The number of amides is 1. The third kappa shape index (κ3) is 5.70. The summed E-state index contributed by atoms with van der Waals surface area (Å²) in [5, 5.41) is 11.4. The largest absolute Gasteiger partial charge is 0.494 e. The Kier molecular flexibility index (Phi) is 6.41. The topological polar surface area (TPSA) is 102 Å². The number of carbonyl (C=O) groups is 2. The number of aromatic nitrogens is 1. The van der Waals surface area contributed by atoms with Crippen LogP contribution in [0.5, 0.6) is 5.75 Å². The lowest BCUT2D eigenvalue weighted by Gasteiger charge is -2.07. The van der Waals surface area contributed by atoms with E-state index in [0.29, 0.717) is 36.0 Å². The molecule has 7 heteroatoms. The zero-order valence-corrected chi connectivity index (χ0v) is 15.1. The van der Waals surface area contributed by atoms with Crippen molar-refractivity contribution < 1.29 is 23.8 Å². The van der Waals surface area contributed by atoms with Gasteiger partial charge in [0.05, 0.1) is 18.7 Å². The average molecular weight is 380 g/mol. The minimum atomic E-state index is -0.843. The van der Waals surface area contributed by atoms with Crippen molar-refractivity contribution in [1.82, 2.24) is 4.98 Å². The fourth-order valence-corrected chi connectivity index (χ4v) is 2.52. The van der Waals surface area contributed by atoms with Gasteiger partial charge in [-0.1, -0.05) is 18.2 Å². The molecule has 0 saturated carbocycles. The maximum absolute atomic E-state index is 12.2. The molecular formula is C21H20N2O5. The van der Waals surface area contributed by atoms with Crippen LogP contribution >= 0.6 is 0 Å². The lowest BCUT2D eigenvalue weighted by molar-refractivity contribution is -0.137. The predicted octanol–water partition coefficient (Wildman–Crippen LogP) is 3.77. The first-order chi connectivity index (χ1) is 13.6. The molecule has 0 radical (unpaired) electrons. The van der Waals surface area contributed by atoms with Gasteiger partial charge in [0.15, 0.2) is 0 Å². The minimum absolute atomic E-state index is 0.0716. The lowest BCUT2D eigenvalue weighted by Crippen LogP contribution is -2.14. The number of aliphatic carboxylic acids is 1. The molecule has 1 heterocycles. The molecule has 144 valence electrons. The zero-order chi connectivity index (χ0) is 19.8. The van der Waals surface area contributed by atoms with Gasteiger partial charge in [-0.25, -0.2) is 4.98 Å². The normalized spacial score (nSPS) is 10.4. The van der Waals surface area contributed by atoms with Crippen LogP contribution in [-0.2, 0) is 16.0 Å². The van der Waals surface area contributed by atoms with Crippen LogP contribution in [0.25, 0.3) is 11.5 Å². The molecule has 2 N–H and O–H groups in total. The molecule has 7 nitrogen and oxygen atoms in total. The van der Waals surface area contributed by atoms with Gasteiger partial charge in [0.1, 0.15) is 12.0 Å². The molecule has 0 bridgehead atoms. The van der Waals surface area contributed by atoms with E-state index >= 15 is 0 Å². The van der Waals surface area contributed by atoms with Gasteiger partial charge in [-0.3, -0.25) is 9.59 Å². The van der Waals surface area contributed by atoms with Crippen LogP contribution in [0, 0.1) is 0 Å². The number of carbonyl (C=O) groups excluding carboxylic acids is 1. The Morgan fingerprint density at radius 3 is 2.54 bits per heavy atom.